The van der Waals surface area contributed by atoms with Crippen molar-refractivity contribution in [1.82, 2.24) is 15.1 Å². The minimum absolute atomic E-state index is 0.0482. The summed E-state index contributed by atoms with van der Waals surface area (Å²) in [5, 5.41) is 3.20. The Bertz CT molecular complexity index is 752. The quantitative estimate of drug-likeness (QED) is 0.680. The van der Waals surface area contributed by atoms with E-state index in [0.717, 1.165) is 44.5 Å². The molecule has 32 heavy (non-hydrogen) atoms. The number of benzene rings is 1. The van der Waals surface area contributed by atoms with E-state index >= 15 is 0 Å². The molecule has 5 heteroatoms. The molecule has 2 aliphatic rings. The lowest BCUT2D eigenvalue weighted by molar-refractivity contribution is -0.129. The predicted molar refractivity (Wildman–Crippen MR) is 131 cm³/mol. The van der Waals surface area contributed by atoms with Gasteiger partial charge in [-0.2, -0.15) is 0 Å². The Labute approximate surface area is 194 Å². The summed E-state index contributed by atoms with van der Waals surface area (Å²) in [5.74, 6) is 1.33. The van der Waals surface area contributed by atoms with Crippen LogP contribution in [0.4, 0.5) is 0 Å². The number of hydrogen-bond acceptors (Lipinski definition) is 3. The standard InChI is InChI=1S/C27H43N3O2/c1-20(2)14-15-28-25(31)24(21-8-6-7-9-21)29-16-18-30(19-17-29)26(32)22-10-12-23(13-11-22)27(3,4)5/h10-13,20-21,24H,6-9,14-19H2,1-5H3,(H,28,31). The normalized spacial score (nSPS) is 19.4. The average molecular weight is 442 g/mol. The first kappa shape index (κ1) is 24.8. The third kappa shape index (κ3) is 6.34. The van der Waals surface area contributed by atoms with Crippen molar-refractivity contribution < 1.29 is 9.59 Å². The van der Waals surface area contributed by atoms with Gasteiger partial charge in [0.05, 0.1) is 6.04 Å². The Kier molecular flexibility index (Phi) is 8.37. The molecule has 0 spiro atoms. The highest BCUT2D eigenvalue weighted by atomic mass is 16.2. The molecule has 0 radical (unpaired) electrons. The zero-order chi connectivity index (χ0) is 23.3. The molecule has 1 N–H and O–H groups in total. The fourth-order valence-corrected chi connectivity index (χ4v) is 5.04. The van der Waals surface area contributed by atoms with Crippen molar-refractivity contribution in [3.05, 3.63) is 35.4 Å². The van der Waals surface area contributed by atoms with Crippen LogP contribution in [0.25, 0.3) is 0 Å². The molecule has 0 bridgehead atoms. The third-order valence-corrected chi connectivity index (χ3v) is 7.13. The topological polar surface area (TPSA) is 52.7 Å². The molecule has 2 amide bonds. The molecule has 178 valence electrons. The van der Waals surface area contributed by atoms with Gasteiger partial charge in [-0.15, -0.1) is 0 Å². The van der Waals surface area contributed by atoms with Crippen molar-refractivity contribution in [3.8, 4) is 0 Å². The number of amides is 2. The van der Waals surface area contributed by atoms with Crippen LogP contribution in [-0.4, -0.2) is 60.4 Å². The Morgan fingerprint density at radius 3 is 2.12 bits per heavy atom. The van der Waals surface area contributed by atoms with Crippen LogP contribution in [0.5, 0.6) is 0 Å². The van der Waals surface area contributed by atoms with E-state index < -0.39 is 0 Å². The maximum atomic E-state index is 13.1. The number of piperazine rings is 1. The van der Waals surface area contributed by atoms with E-state index in [1.54, 1.807) is 0 Å². The van der Waals surface area contributed by atoms with Crippen LogP contribution in [0.1, 0.15) is 82.6 Å². The molecule has 1 aromatic rings. The van der Waals surface area contributed by atoms with Crippen LogP contribution >= 0.6 is 0 Å². The second-order valence-electron chi connectivity index (χ2n) is 11.1. The van der Waals surface area contributed by atoms with E-state index in [9.17, 15) is 9.59 Å². The molecule has 1 unspecified atom stereocenters. The summed E-state index contributed by atoms with van der Waals surface area (Å²) in [7, 11) is 0. The lowest BCUT2D eigenvalue weighted by atomic mass is 9.86. The van der Waals surface area contributed by atoms with Gasteiger partial charge in [-0.05, 0) is 54.2 Å². The monoisotopic (exact) mass is 441 g/mol. The summed E-state index contributed by atoms with van der Waals surface area (Å²) < 4.78 is 0. The number of carbonyl (C=O) groups excluding carboxylic acids is 2. The predicted octanol–water partition coefficient (Wildman–Crippen LogP) is 4.46. The van der Waals surface area contributed by atoms with Gasteiger partial charge in [0.2, 0.25) is 5.91 Å². The van der Waals surface area contributed by atoms with E-state index in [2.05, 4.69) is 57.0 Å². The molecular formula is C27H43N3O2. The lowest BCUT2D eigenvalue weighted by Gasteiger charge is -2.40. The van der Waals surface area contributed by atoms with E-state index in [4.69, 9.17) is 0 Å². The molecule has 3 rings (SSSR count). The van der Waals surface area contributed by atoms with Crippen molar-refractivity contribution >= 4 is 11.8 Å². The van der Waals surface area contributed by atoms with Gasteiger partial charge < -0.3 is 10.2 Å². The first-order valence-corrected chi connectivity index (χ1v) is 12.6. The Morgan fingerprint density at radius 1 is 1.00 bits per heavy atom. The second kappa shape index (κ2) is 10.8. The third-order valence-electron chi connectivity index (χ3n) is 7.13. The molecule has 1 saturated heterocycles. The van der Waals surface area contributed by atoms with E-state index in [1.807, 2.05) is 17.0 Å². The number of hydrogen-bond donors (Lipinski definition) is 1. The SMILES string of the molecule is CC(C)CCNC(=O)C(C1CCCC1)N1CCN(C(=O)c2ccc(C(C)(C)C)cc2)CC1. The number of rotatable bonds is 7. The first-order valence-electron chi connectivity index (χ1n) is 12.6. The summed E-state index contributed by atoms with van der Waals surface area (Å²) in [5.41, 5.74) is 2.07. The molecular weight excluding hydrogens is 398 g/mol. The highest BCUT2D eigenvalue weighted by molar-refractivity contribution is 5.94. The zero-order valence-electron chi connectivity index (χ0n) is 20.8. The maximum Gasteiger partial charge on any atom is 0.253 e. The highest BCUT2D eigenvalue weighted by Gasteiger charge is 2.37. The van der Waals surface area contributed by atoms with Crippen molar-refractivity contribution in [1.29, 1.82) is 0 Å². The zero-order valence-corrected chi connectivity index (χ0v) is 20.8. The Balaban J connectivity index is 1.60. The van der Waals surface area contributed by atoms with Gasteiger partial charge in [0.15, 0.2) is 0 Å². The van der Waals surface area contributed by atoms with E-state index in [-0.39, 0.29) is 23.3 Å². The van der Waals surface area contributed by atoms with Crippen LogP contribution in [0.3, 0.4) is 0 Å². The van der Waals surface area contributed by atoms with Crippen molar-refractivity contribution in [2.24, 2.45) is 11.8 Å². The van der Waals surface area contributed by atoms with Gasteiger partial charge in [0.1, 0.15) is 0 Å². The van der Waals surface area contributed by atoms with Crippen LogP contribution in [0.15, 0.2) is 24.3 Å². The summed E-state index contributed by atoms with van der Waals surface area (Å²) in [6.45, 7) is 14.6. The summed E-state index contributed by atoms with van der Waals surface area (Å²) in [4.78, 5) is 30.5. The van der Waals surface area contributed by atoms with E-state index in [0.29, 0.717) is 24.9 Å². The summed E-state index contributed by atoms with van der Waals surface area (Å²) in [6.07, 6.45) is 5.75. The van der Waals surface area contributed by atoms with Gasteiger partial charge in [-0.1, -0.05) is 59.6 Å². The average Bonchev–Trinajstić information content (AvgIpc) is 3.27. The van der Waals surface area contributed by atoms with Crippen LogP contribution < -0.4 is 5.32 Å². The fourth-order valence-electron chi connectivity index (χ4n) is 5.04. The van der Waals surface area contributed by atoms with Crippen LogP contribution in [-0.2, 0) is 10.2 Å². The largest absolute Gasteiger partial charge is 0.355 e. The van der Waals surface area contributed by atoms with Crippen molar-refractivity contribution in [2.45, 2.75) is 78.2 Å². The number of nitrogens with zero attached hydrogens (tertiary/aromatic N) is 2. The number of carbonyl (C=O) groups is 2. The smallest absolute Gasteiger partial charge is 0.253 e. The Hall–Kier alpha value is -1.88. The fraction of sp³-hybridized carbons (Fsp3) is 0.704. The second-order valence-corrected chi connectivity index (χ2v) is 11.1. The highest BCUT2D eigenvalue weighted by Crippen LogP contribution is 2.31. The molecule has 0 aromatic heterocycles. The van der Waals surface area contributed by atoms with Gasteiger partial charge >= 0.3 is 0 Å². The van der Waals surface area contributed by atoms with Crippen LogP contribution in [0.2, 0.25) is 0 Å². The van der Waals surface area contributed by atoms with Crippen molar-refractivity contribution in [2.75, 3.05) is 32.7 Å². The minimum Gasteiger partial charge on any atom is -0.355 e. The molecule has 1 aliphatic carbocycles. The maximum absolute atomic E-state index is 13.1. The van der Waals surface area contributed by atoms with Crippen molar-refractivity contribution in [3.63, 3.8) is 0 Å². The van der Waals surface area contributed by atoms with Gasteiger partial charge in [0.25, 0.3) is 5.91 Å². The Morgan fingerprint density at radius 2 is 1.59 bits per heavy atom. The molecule has 1 atom stereocenters. The molecule has 2 fully saturated rings. The molecule has 1 aliphatic heterocycles. The molecule has 5 nitrogen and oxygen atoms in total. The van der Waals surface area contributed by atoms with Gasteiger partial charge in [-0.3, -0.25) is 14.5 Å². The van der Waals surface area contributed by atoms with E-state index in [1.165, 1.54) is 18.4 Å². The van der Waals surface area contributed by atoms with Gasteiger partial charge in [0, 0.05) is 38.3 Å². The molecule has 1 aromatic carbocycles. The van der Waals surface area contributed by atoms with Crippen LogP contribution in [0, 0.1) is 11.8 Å². The molecule has 1 heterocycles. The number of nitrogens with one attached hydrogen (secondary N) is 1. The summed E-state index contributed by atoms with van der Waals surface area (Å²) >= 11 is 0. The summed E-state index contributed by atoms with van der Waals surface area (Å²) in [6, 6.07) is 8.01. The molecule has 1 saturated carbocycles. The van der Waals surface area contributed by atoms with Gasteiger partial charge in [-0.25, -0.2) is 0 Å². The first-order chi connectivity index (χ1) is 15.2. The minimum atomic E-state index is -0.0482. The lowest BCUT2D eigenvalue weighted by Crippen LogP contribution is -2.58.